The van der Waals surface area contributed by atoms with Crippen molar-refractivity contribution in [2.75, 3.05) is 13.2 Å². The Balaban J connectivity index is 1.64. The minimum Gasteiger partial charge on any atom is -0.450 e. The van der Waals surface area contributed by atoms with Crippen molar-refractivity contribution in [1.29, 1.82) is 0 Å². The minimum absolute atomic E-state index is 0.0539. The van der Waals surface area contributed by atoms with Gasteiger partial charge in [0.2, 0.25) is 5.76 Å². The van der Waals surface area contributed by atoms with Crippen LogP contribution in [0, 0.1) is 0 Å². The molecule has 0 saturated carbocycles. The Hall–Kier alpha value is -2.83. The maximum Gasteiger partial charge on any atom is 0.375 e. The summed E-state index contributed by atoms with van der Waals surface area (Å²) in [6.45, 7) is 4.01. The van der Waals surface area contributed by atoms with Crippen LogP contribution in [-0.4, -0.2) is 25.1 Å². The monoisotopic (exact) mass is 415 g/mol. The third kappa shape index (κ3) is 5.16. The normalized spacial score (nSPS) is 12.0. The Labute approximate surface area is 173 Å². The second kappa shape index (κ2) is 9.58. The number of hydrogen-bond donors (Lipinski definition) is 1. The standard InChI is InChI=1S/C22H22ClNO5/c1-3-27-12-18-17-6-4-5-7-19(17)29-21(18)22(26)28-13-20(25)24-14(2)15-8-10-16(23)11-9-15/h4-11,14H,3,12-13H2,1-2H3,(H,24,25)/t14-/m1/s1. The van der Waals surface area contributed by atoms with Crippen LogP contribution in [0.3, 0.4) is 0 Å². The molecule has 0 saturated heterocycles. The predicted octanol–water partition coefficient (Wildman–Crippen LogP) is 4.66. The lowest BCUT2D eigenvalue weighted by Crippen LogP contribution is -2.31. The lowest BCUT2D eigenvalue weighted by atomic mass is 10.1. The summed E-state index contributed by atoms with van der Waals surface area (Å²) in [7, 11) is 0. The number of nitrogens with one attached hydrogen (secondary N) is 1. The highest BCUT2D eigenvalue weighted by molar-refractivity contribution is 6.30. The molecule has 0 aliphatic carbocycles. The van der Waals surface area contributed by atoms with Crippen molar-refractivity contribution >= 4 is 34.4 Å². The van der Waals surface area contributed by atoms with Gasteiger partial charge in [-0.2, -0.15) is 0 Å². The molecular weight excluding hydrogens is 394 g/mol. The van der Waals surface area contributed by atoms with E-state index in [1.807, 2.05) is 44.2 Å². The van der Waals surface area contributed by atoms with Gasteiger partial charge in [0.25, 0.3) is 5.91 Å². The zero-order chi connectivity index (χ0) is 20.8. The third-order valence-corrected chi connectivity index (χ3v) is 4.67. The molecule has 1 N–H and O–H groups in total. The van der Waals surface area contributed by atoms with Crippen LogP contribution in [-0.2, 0) is 20.9 Å². The summed E-state index contributed by atoms with van der Waals surface area (Å²) in [5, 5.41) is 4.19. The summed E-state index contributed by atoms with van der Waals surface area (Å²) in [6.07, 6.45) is 0. The number of ether oxygens (including phenoxy) is 2. The van der Waals surface area contributed by atoms with Gasteiger partial charge in [-0.25, -0.2) is 4.79 Å². The van der Waals surface area contributed by atoms with Gasteiger partial charge >= 0.3 is 5.97 Å². The number of esters is 1. The van der Waals surface area contributed by atoms with Gasteiger partial charge in [0.1, 0.15) is 5.58 Å². The second-order valence-corrected chi connectivity index (χ2v) is 6.90. The first kappa shape index (κ1) is 20.9. The highest BCUT2D eigenvalue weighted by Crippen LogP contribution is 2.27. The van der Waals surface area contributed by atoms with Gasteiger partial charge < -0.3 is 19.2 Å². The smallest absolute Gasteiger partial charge is 0.375 e. The van der Waals surface area contributed by atoms with Gasteiger partial charge in [-0.05, 0) is 37.6 Å². The highest BCUT2D eigenvalue weighted by atomic mass is 35.5. The van der Waals surface area contributed by atoms with E-state index in [1.54, 1.807) is 18.2 Å². The molecule has 0 aliphatic heterocycles. The van der Waals surface area contributed by atoms with Crippen molar-refractivity contribution in [3.8, 4) is 0 Å². The molecule has 3 aromatic rings. The van der Waals surface area contributed by atoms with Gasteiger partial charge in [-0.3, -0.25) is 4.79 Å². The van der Waals surface area contributed by atoms with Crippen molar-refractivity contribution in [3.05, 3.63) is 70.4 Å². The van der Waals surface area contributed by atoms with E-state index in [9.17, 15) is 9.59 Å². The number of rotatable bonds is 8. The summed E-state index contributed by atoms with van der Waals surface area (Å²) in [4.78, 5) is 24.7. The molecule has 29 heavy (non-hydrogen) atoms. The van der Waals surface area contributed by atoms with E-state index in [0.29, 0.717) is 22.8 Å². The van der Waals surface area contributed by atoms with E-state index in [-0.39, 0.29) is 18.4 Å². The number of carbonyl (C=O) groups is 2. The number of fused-ring (bicyclic) bond motifs is 1. The van der Waals surface area contributed by atoms with Crippen LogP contribution in [0.2, 0.25) is 5.02 Å². The Kier molecular flexibility index (Phi) is 6.90. The van der Waals surface area contributed by atoms with Crippen LogP contribution in [0.25, 0.3) is 11.0 Å². The fourth-order valence-electron chi connectivity index (χ4n) is 2.93. The van der Waals surface area contributed by atoms with E-state index < -0.39 is 18.5 Å². The maximum absolute atomic E-state index is 12.5. The molecule has 7 heteroatoms. The fraction of sp³-hybridized carbons (Fsp3) is 0.273. The zero-order valence-corrected chi connectivity index (χ0v) is 17.0. The van der Waals surface area contributed by atoms with E-state index in [2.05, 4.69) is 5.32 Å². The van der Waals surface area contributed by atoms with Crippen molar-refractivity contribution in [2.24, 2.45) is 0 Å². The van der Waals surface area contributed by atoms with Gasteiger partial charge in [-0.15, -0.1) is 0 Å². The van der Waals surface area contributed by atoms with E-state index in [0.717, 1.165) is 10.9 Å². The first-order valence-corrected chi connectivity index (χ1v) is 9.67. The second-order valence-electron chi connectivity index (χ2n) is 6.46. The Morgan fingerprint density at radius 3 is 2.59 bits per heavy atom. The Bertz CT molecular complexity index is 996. The number of furan rings is 1. The molecule has 0 aliphatic rings. The lowest BCUT2D eigenvalue weighted by Gasteiger charge is -2.14. The van der Waals surface area contributed by atoms with Crippen molar-refractivity contribution in [3.63, 3.8) is 0 Å². The van der Waals surface area contributed by atoms with E-state index in [4.69, 9.17) is 25.5 Å². The summed E-state index contributed by atoms with van der Waals surface area (Å²) >= 11 is 5.88. The molecule has 1 atom stereocenters. The van der Waals surface area contributed by atoms with Gasteiger partial charge in [0.15, 0.2) is 6.61 Å². The number of para-hydroxylation sites is 1. The molecule has 152 valence electrons. The van der Waals surface area contributed by atoms with Crippen molar-refractivity contribution in [2.45, 2.75) is 26.5 Å². The quantitative estimate of drug-likeness (QED) is 0.541. The largest absolute Gasteiger partial charge is 0.450 e. The number of halogens is 1. The average molecular weight is 416 g/mol. The van der Waals surface area contributed by atoms with Crippen LogP contribution in [0.4, 0.5) is 0 Å². The predicted molar refractivity (Wildman–Crippen MR) is 110 cm³/mol. The molecule has 0 radical (unpaired) electrons. The van der Waals surface area contributed by atoms with Crippen molar-refractivity contribution in [1.82, 2.24) is 5.32 Å². The van der Waals surface area contributed by atoms with Gasteiger partial charge in [0.05, 0.1) is 12.6 Å². The molecule has 1 heterocycles. The zero-order valence-electron chi connectivity index (χ0n) is 16.2. The fourth-order valence-corrected chi connectivity index (χ4v) is 3.05. The van der Waals surface area contributed by atoms with Crippen LogP contribution in [0.15, 0.2) is 52.9 Å². The first-order chi connectivity index (χ1) is 14.0. The molecule has 3 rings (SSSR count). The van der Waals surface area contributed by atoms with E-state index >= 15 is 0 Å². The number of benzene rings is 2. The summed E-state index contributed by atoms with van der Waals surface area (Å²) in [5.41, 5.74) is 2.07. The van der Waals surface area contributed by atoms with Crippen LogP contribution in [0.1, 0.15) is 41.6 Å². The number of amides is 1. The highest BCUT2D eigenvalue weighted by Gasteiger charge is 2.23. The average Bonchev–Trinajstić information content (AvgIpc) is 3.09. The molecule has 1 aromatic heterocycles. The Morgan fingerprint density at radius 1 is 1.14 bits per heavy atom. The molecule has 6 nitrogen and oxygen atoms in total. The Morgan fingerprint density at radius 2 is 1.86 bits per heavy atom. The molecule has 0 bridgehead atoms. The van der Waals surface area contributed by atoms with E-state index in [1.165, 1.54) is 0 Å². The van der Waals surface area contributed by atoms with Gasteiger partial charge in [-0.1, -0.05) is 41.9 Å². The summed E-state index contributed by atoms with van der Waals surface area (Å²) in [6, 6.07) is 14.2. The number of hydrogen-bond acceptors (Lipinski definition) is 5. The summed E-state index contributed by atoms with van der Waals surface area (Å²) < 4.78 is 16.3. The molecule has 0 spiro atoms. The first-order valence-electron chi connectivity index (χ1n) is 9.29. The van der Waals surface area contributed by atoms with Gasteiger partial charge in [0, 0.05) is 22.6 Å². The van der Waals surface area contributed by atoms with Crippen LogP contribution >= 0.6 is 11.6 Å². The molecule has 0 unspecified atom stereocenters. The van der Waals surface area contributed by atoms with Crippen LogP contribution < -0.4 is 5.32 Å². The van der Waals surface area contributed by atoms with Crippen molar-refractivity contribution < 1.29 is 23.5 Å². The summed E-state index contributed by atoms with van der Waals surface area (Å²) in [5.74, 6) is -1.06. The minimum atomic E-state index is -0.704. The number of carbonyl (C=O) groups excluding carboxylic acids is 2. The molecule has 2 aromatic carbocycles. The third-order valence-electron chi connectivity index (χ3n) is 4.42. The molecule has 1 amide bonds. The molecule has 0 fully saturated rings. The molecular formula is C22H22ClNO5. The van der Waals surface area contributed by atoms with Crippen LogP contribution in [0.5, 0.6) is 0 Å². The topological polar surface area (TPSA) is 77.8 Å². The SMILES string of the molecule is CCOCc1c(C(=O)OCC(=O)N[C@H](C)c2ccc(Cl)cc2)oc2ccccc12. The maximum atomic E-state index is 12.5. The lowest BCUT2D eigenvalue weighted by molar-refractivity contribution is -0.124.